The van der Waals surface area contributed by atoms with Crippen LogP contribution in [0.2, 0.25) is 0 Å². The second-order valence-electron chi connectivity index (χ2n) is 13.0. The molecule has 3 unspecified atom stereocenters. The quantitative estimate of drug-likeness (QED) is 0.381. The highest BCUT2D eigenvalue weighted by Gasteiger charge is 2.50. The van der Waals surface area contributed by atoms with Crippen LogP contribution < -0.4 is 10.5 Å². The van der Waals surface area contributed by atoms with E-state index in [1.165, 1.54) is 0 Å². The summed E-state index contributed by atoms with van der Waals surface area (Å²) in [4.78, 5) is 41.5. The Labute approximate surface area is 245 Å². The number of ether oxygens (including phenoxy) is 1. The number of carbonyl (C=O) groups excluding carboxylic acids is 3. The number of hydrogen-bond acceptors (Lipinski definition) is 8. The molecule has 0 spiro atoms. The van der Waals surface area contributed by atoms with Crippen molar-refractivity contribution in [2.45, 2.75) is 52.0 Å². The molecule has 0 saturated carbocycles. The van der Waals surface area contributed by atoms with Crippen LogP contribution in [0, 0.1) is 17.8 Å². The van der Waals surface area contributed by atoms with E-state index in [4.69, 9.17) is 10.5 Å². The molecule has 5 N–H and O–H groups in total. The Bertz CT molecular complexity index is 1590. The van der Waals surface area contributed by atoms with Gasteiger partial charge in [0.25, 0.3) is 5.91 Å². The second-order valence-corrected chi connectivity index (χ2v) is 13.0. The molecule has 0 fully saturated rings. The molecule has 1 amide bonds. The second kappa shape index (κ2) is 10.3. The number of hydrogen-bond donors (Lipinski definition) is 4. The van der Waals surface area contributed by atoms with E-state index in [0.29, 0.717) is 36.3 Å². The maximum absolute atomic E-state index is 14.3. The zero-order valence-electron chi connectivity index (χ0n) is 24.9. The van der Waals surface area contributed by atoms with E-state index in [0.717, 1.165) is 16.7 Å². The number of phenolic OH excluding ortho intramolecular Hbond substituents is 1. The van der Waals surface area contributed by atoms with E-state index in [-0.39, 0.29) is 29.1 Å². The third-order valence-corrected chi connectivity index (χ3v) is 8.75. The fourth-order valence-corrected chi connectivity index (χ4v) is 6.95. The Morgan fingerprint density at radius 2 is 1.76 bits per heavy atom. The summed E-state index contributed by atoms with van der Waals surface area (Å²) in [6.07, 6.45) is 0.639. The topological polar surface area (TPSA) is 150 Å². The van der Waals surface area contributed by atoms with Gasteiger partial charge in [0.2, 0.25) is 0 Å². The number of benzene rings is 2. The van der Waals surface area contributed by atoms with Gasteiger partial charge in [-0.1, -0.05) is 26.8 Å². The Hall–Kier alpha value is -4.11. The Balaban J connectivity index is 1.75. The number of aromatic hydroxyl groups is 1. The van der Waals surface area contributed by atoms with Crippen molar-refractivity contribution >= 4 is 17.5 Å². The molecule has 3 aliphatic carbocycles. The average Bonchev–Trinajstić information content (AvgIpc) is 2.87. The van der Waals surface area contributed by atoms with E-state index >= 15 is 0 Å². The van der Waals surface area contributed by atoms with Crippen molar-refractivity contribution < 1.29 is 34.4 Å². The number of aliphatic hydroxyl groups excluding tert-OH is 2. The molecule has 0 bridgehead atoms. The highest BCUT2D eigenvalue weighted by atomic mass is 16.5. The first-order chi connectivity index (χ1) is 19.6. The van der Waals surface area contributed by atoms with Crippen LogP contribution in [0.4, 0.5) is 0 Å². The Morgan fingerprint density at radius 1 is 1.07 bits per heavy atom. The number of allylic oxidation sites excluding steroid dienone is 3. The number of aliphatic hydroxyl groups is 2. The van der Waals surface area contributed by atoms with Gasteiger partial charge in [0.15, 0.2) is 11.6 Å². The fourth-order valence-electron chi connectivity index (χ4n) is 6.95. The number of fused-ring (bicyclic) bond motifs is 3. The minimum absolute atomic E-state index is 0.00889. The van der Waals surface area contributed by atoms with Gasteiger partial charge in [0, 0.05) is 29.7 Å². The van der Waals surface area contributed by atoms with Crippen LogP contribution >= 0.6 is 0 Å². The van der Waals surface area contributed by atoms with Crippen LogP contribution in [0.5, 0.6) is 11.5 Å². The molecule has 2 aromatic rings. The maximum atomic E-state index is 14.3. The molecule has 0 aromatic heterocycles. The molecule has 0 heterocycles. The van der Waals surface area contributed by atoms with Crippen molar-refractivity contribution in [1.82, 2.24) is 4.90 Å². The summed E-state index contributed by atoms with van der Waals surface area (Å²) in [5.74, 6) is -4.85. The number of methoxy groups -OCH3 is 1. The summed E-state index contributed by atoms with van der Waals surface area (Å²) in [6.45, 7) is 6.52. The molecular formula is C33H38N2O7. The molecule has 2 aromatic carbocycles. The third kappa shape index (κ3) is 4.65. The average molecular weight is 575 g/mol. The molecule has 42 heavy (non-hydrogen) atoms. The first-order valence-corrected chi connectivity index (χ1v) is 14.1. The lowest BCUT2D eigenvalue weighted by atomic mass is 9.61. The van der Waals surface area contributed by atoms with Crippen molar-refractivity contribution in [2.75, 3.05) is 21.2 Å². The molecule has 3 atom stereocenters. The highest BCUT2D eigenvalue weighted by Crippen LogP contribution is 2.53. The van der Waals surface area contributed by atoms with Crippen molar-refractivity contribution in [1.29, 1.82) is 0 Å². The lowest BCUT2D eigenvalue weighted by Gasteiger charge is -2.41. The van der Waals surface area contributed by atoms with Gasteiger partial charge in [0.1, 0.15) is 28.6 Å². The smallest absolute Gasteiger partial charge is 0.255 e. The monoisotopic (exact) mass is 574 g/mol. The van der Waals surface area contributed by atoms with Gasteiger partial charge < -0.3 is 30.7 Å². The number of rotatable bonds is 5. The number of primary amides is 1. The van der Waals surface area contributed by atoms with Crippen LogP contribution in [0.1, 0.15) is 60.7 Å². The summed E-state index contributed by atoms with van der Waals surface area (Å²) in [5, 5.41) is 33.5. The number of nitrogens with zero attached hydrogens (tertiary/aromatic N) is 1. The number of ketones is 2. The third-order valence-electron chi connectivity index (χ3n) is 8.75. The number of carbonyl (C=O) groups is 3. The van der Waals surface area contributed by atoms with Gasteiger partial charge in [-0.3, -0.25) is 14.4 Å². The molecule has 0 radical (unpaired) electrons. The summed E-state index contributed by atoms with van der Waals surface area (Å²) in [7, 11) is 5.55. The van der Waals surface area contributed by atoms with Crippen LogP contribution in [-0.2, 0) is 28.0 Å². The summed E-state index contributed by atoms with van der Waals surface area (Å²) >= 11 is 0. The number of amides is 1. The van der Waals surface area contributed by atoms with Gasteiger partial charge in [-0.15, -0.1) is 0 Å². The van der Waals surface area contributed by atoms with E-state index in [1.807, 2.05) is 59.1 Å². The lowest BCUT2D eigenvalue weighted by molar-refractivity contribution is -0.126. The lowest BCUT2D eigenvalue weighted by Crippen LogP contribution is -2.43. The fraction of sp³-hybridized carbons (Fsp3) is 0.424. The van der Waals surface area contributed by atoms with Crippen molar-refractivity contribution in [3.8, 4) is 22.6 Å². The molecule has 0 aliphatic heterocycles. The standard InChI is InChI=1S/C33H38N2O7/c1-33(2,3)21-13-18(19-9-15(14-35(4)5)7-8-23(19)42-6)20-11-16-10-17-12-22(36)27(32(34)41)31(40)25(17)29(38)24(16)30(39)26(20)28(21)37/h7-9,13,16-17,25,36-38H,10-12,14H2,1-6H3,(H2,34,41). The van der Waals surface area contributed by atoms with E-state index in [9.17, 15) is 29.7 Å². The predicted octanol–water partition coefficient (Wildman–Crippen LogP) is 4.50. The summed E-state index contributed by atoms with van der Waals surface area (Å²) in [6, 6.07) is 7.86. The minimum Gasteiger partial charge on any atom is -0.511 e. The van der Waals surface area contributed by atoms with Crippen molar-refractivity contribution in [3.05, 3.63) is 69.2 Å². The first-order valence-electron chi connectivity index (χ1n) is 14.1. The number of Topliss-reactive ketones (excluding diaryl/α,β-unsaturated/α-hetero) is 2. The van der Waals surface area contributed by atoms with E-state index < -0.39 is 52.0 Å². The number of phenols is 1. The van der Waals surface area contributed by atoms with E-state index in [1.54, 1.807) is 7.11 Å². The largest absolute Gasteiger partial charge is 0.511 e. The van der Waals surface area contributed by atoms with Crippen LogP contribution in [0.3, 0.4) is 0 Å². The van der Waals surface area contributed by atoms with E-state index in [2.05, 4.69) is 4.90 Å². The Morgan fingerprint density at radius 3 is 2.36 bits per heavy atom. The van der Waals surface area contributed by atoms with Crippen LogP contribution in [0.15, 0.2) is 46.9 Å². The van der Waals surface area contributed by atoms with Gasteiger partial charge in [-0.25, -0.2) is 0 Å². The van der Waals surface area contributed by atoms with Crippen LogP contribution in [0.25, 0.3) is 11.1 Å². The zero-order valence-corrected chi connectivity index (χ0v) is 24.9. The Kier molecular flexibility index (Phi) is 7.21. The van der Waals surface area contributed by atoms with Gasteiger partial charge in [-0.2, -0.15) is 0 Å². The first kappa shape index (κ1) is 29.4. The van der Waals surface area contributed by atoms with Crippen LogP contribution in [-0.4, -0.2) is 58.9 Å². The predicted molar refractivity (Wildman–Crippen MR) is 157 cm³/mol. The SMILES string of the molecule is COc1ccc(CN(C)C)cc1-c1cc(C(C)(C)C)c(O)c2c1CC1CC3CC(O)=C(C(N)=O)C(=O)C3C(O)=C1C2=O. The molecule has 9 nitrogen and oxygen atoms in total. The van der Waals surface area contributed by atoms with Gasteiger partial charge in [0.05, 0.1) is 18.6 Å². The van der Waals surface area contributed by atoms with Crippen molar-refractivity contribution in [2.24, 2.45) is 23.5 Å². The van der Waals surface area contributed by atoms with Gasteiger partial charge >= 0.3 is 0 Å². The molecular weight excluding hydrogens is 536 g/mol. The highest BCUT2D eigenvalue weighted by molar-refractivity contribution is 6.22. The molecule has 9 heteroatoms. The molecule has 5 rings (SSSR count). The summed E-state index contributed by atoms with van der Waals surface area (Å²) < 4.78 is 5.76. The number of nitrogens with two attached hydrogens (primary N) is 1. The molecule has 3 aliphatic rings. The minimum atomic E-state index is -1.16. The molecule has 0 saturated heterocycles. The molecule has 222 valence electrons. The maximum Gasteiger partial charge on any atom is 0.255 e. The normalized spacial score (nSPS) is 22.2. The zero-order chi connectivity index (χ0) is 30.8. The van der Waals surface area contributed by atoms with Gasteiger partial charge in [-0.05, 0) is 79.1 Å². The summed E-state index contributed by atoms with van der Waals surface area (Å²) in [5.41, 5.74) is 8.27. The van der Waals surface area contributed by atoms with Crippen molar-refractivity contribution in [3.63, 3.8) is 0 Å².